The summed E-state index contributed by atoms with van der Waals surface area (Å²) in [6, 6.07) is 8.09. The molecule has 0 saturated heterocycles. The lowest BCUT2D eigenvalue weighted by Crippen LogP contribution is -2.39. The highest BCUT2D eigenvalue weighted by molar-refractivity contribution is 5.93. The zero-order valence-electron chi connectivity index (χ0n) is 12.9. The van der Waals surface area contributed by atoms with Crippen molar-refractivity contribution in [1.29, 1.82) is 0 Å². The Labute approximate surface area is 126 Å². The molecule has 2 rings (SSSR count). The largest absolute Gasteiger partial charge is 0.357 e. The van der Waals surface area contributed by atoms with E-state index in [0.29, 0.717) is 18.2 Å². The van der Waals surface area contributed by atoms with Gasteiger partial charge in [0.15, 0.2) is 5.96 Å². The molecule has 0 aliphatic heterocycles. The van der Waals surface area contributed by atoms with Gasteiger partial charge in [-0.1, -0.05) is 19.1 Å². The molecule has 1 aliphatic rings. The number of rotatable bonds is 5. The van der Waals surface area contributed by atoms with Crippen LogP contribution in [0.5, 0.6) is 0 Å². The van der Waals surface area contributed by atoms with Gasteiger partial charge in [-0.2, -0.15) is 0 Å². The van der Waals surface area contributed by atoms with Crippen molar-refractivity contribution in [3.63, 3.8) is 0 Å². The van der Waals surface area contributed by atoms with E-state index in [9.17, 15) is 4.79 Å². The molecule has 0 spiro atoms. The lowest BCUT2D eigenvalue weighted by molar-refractivity contribution is 0.0963. The summed E-state index contributed by atoms with van der Waals surface area (Å²) in [6.45, 7) is 5.75. The monoisotopic (exact) mass is 288 g/mol. The number of hydrogen-bond acceptors (Lipinski definition) is 2. The van der Waals surface area contributed by atoms with Crippen molar-refractivity contribution >= 4 is 11.9 Å². The molecule has 1 saturated carbocycles. The molecule has 1 aromatic carbocycles. The Kier molecular flexibility index (Phi) is 5.20. The van der Waals surface area contributed by atoms with Crippen molar-refractivity contribution in [3.05, 3.63) is 35.4 Å². The minimum absolute atomic E-state index is 0.0669. The van der Waals surface area contributed by atoms with E-state index < -0.39 is 0 Å². The predicted octanol–water partition coefficient (Wildman–Crippen LogP) is 1.51. The lowest BCUT2D eigenvalue weighted by atomic mass is 10.1. The quantitative estimate of drug-likeness (QED) is 0.568. The fourth-order valence-electron chi connectivity index (χ4n) is 2.10. The molecule has 0 bridgehead atoms. The zero-order chi connectivity index (χ0) is 15.2. The maximum atomic E-state index is 11.5. The number of nitrogens with one attached hydrogen (secondary N) is 3. The van der Waals surface area contributed by atoms with Crippen molar-refractivity contribution in [2.75, 3.05) is 13.6 Å². The molecule has 2 atom stereocenters. The second-order valence-electron chi connectivity index (χ2n) is 5.44. The smallest absolute Gasteiger partial charge is 0.251 e. The maximum Gasteiger partial charge on any atom is 0.251 e. The molecule has 0 heterocycles. The van der Waals surface area contributed by atoms with E-state index in [1.165, 1.54) is 6.42 Å². The summed E-state index contributed by atoms with van der Waals surface area (Å²) in [7, 11) is 1.63. The van der Waals surface area contributed by atoms with Crippen LogP contribution in [0.15, 0.2) is 29.3 Å². The van der Waals surface area contributed by atoms with Crippen LogP contribution in [0.2, 0.25) is 0 Å². The van der Waals surface area contributed by atoms with Gasteiger partial charge < -0.3 is 16.0 Å². The topological polar surface area (TPSA) is 65.5 Å². The minimum atomic E-state index is -0.0669. The van der Waals surface area contributed by atoms with Crippen LogP contribution in [0.4, 0.5) is 0 Å². The van der Waals surface area contributed by atoms with Gasteiger partial charge in [-0.25, -0.2) is 4.99 Å². The first-order valence-electron chi connectivity index (χ1n) is 7.50. The summed E-state index contributed by atoms with van der Waals surface area (Å²) in [5.74, 6) is 1.53. The molecule has 1 aromatic rings. The minimum Gasteiger partial charge on any atom is -0.357 e. The Morgan fingerprint density at radius 1 is 1.33 bits per heavy atom. The summed E-state index contributed by atoms with van der Waals surface area (Å²) in [4.78, 5) is 16.1. The maximum absolute atomic E-state index is 11.5. The number of benzene rings is 1. The number of carbonyl (C=O) groups is 1. The van der Waals surface area contributed by atoms with Gasteiger partial charge in [0.1, 0.15) is 0 Å². The normalized spacial score (nSPS) is 20.8. The molecule has 21 heavy (non-hydrogen) atoms. The van der Waals surface area contributed by atoms with Gasteiger partial charge in [-0.05, 0) is 37.0 Å². The molecule has 1 aliphatic carbocycles. The van der Waals surface area contributed by atoms with E-state index in [1.54, 1.807) is 7.05 Å². The van der Waals surface area contributed by atoms with Gasteiger partial charge in [0.25, 0.3) is 5.91 Å². The third kappa shape index (κ3) is 4.48. The molecular weight excluding hydrogens is 264 g/mol. The van der Waals surface area contributed by atoms with E-state index in [0.717, 1.165) is 24.0 Å². The van der Waals surface area contributed by atoms with Crippen LogP contribution in [0.3, 0.4) is 0 Å². The van der Waals surface area contributed by atoms with Gasteiger partial charge in [0.2, 0.25) is 0 Å². The second kappa shape index (κ2) is 7.11. The van der Waals surface area contributed by atoms with Crippen LogP contribution in [-0.2, 0) is 6.54 Å². The van der Waals surface area contributed by atoms with Gasteiger partial charge in [-0.15, -0.1) is 0 Å². The highest BCUT2D eigenvalue weighted by Crippen LogP contribution is 2.28. The van der Waals surface area contributed by atoms with Gasteiger partial charge in [0, 0.05) is 25.2 Å². The Morgan fingerprint density at radius 2 is 2.00 bits per heavy atom. The molecule has 3 N–H and O–H groups in total. The van der Waals surface area contributed by atoms with Crippen LogP contribution in [0.1, 0.15) is 36.2 Å². The highest BCUT2D eigenvalue weighted by atomic mass is 16.1. The Bertz CT molecular complexity index is 510. The number of guanidine groups is 1. The first-order valence-corrected chi connectivity index (χ1v) is 7.50. The van der Waals surface area contributed by atoms with Gasteiger partial charge >= 0.3 is 0 Å². The highest BCUT2D eigenvalue weighted by Gasteiger charge is 2.33. The number of aliphatic imine (C=N–C) groups is 1. The second-order valence-corrected chi connectivity index (χ2v) is 5.44. The number of hydrogen-bond donors (Lipinski definition) is 3. The van der Waals surface area contributed by atoms with Crippen molar-refractivity contribution in [2.45, 2.75) is 32.9 Å². The summed E-state index contributed by atoms with van der Waals surface area (Å²) < 4.78 is 0. The SMILES string of the molecule is CCNC(=NCc1ccc(C(=O)NC)cc1)NC1CC1C. The van der Waals surface area contributed by atoms with E-state index in [4.69, 9.17) is 0 Å². The van der Waals surface area contributed by atoms with E-state index in [1.807, 2.05) is 24.3 Å². The lowest BCUT2D eigenvalue weighted by Gasteiger charge is -2.10. The average Bonchev–Trinajstić information content (AvgIpc) is 3.20. The number of amides is 1. The fraction of sp³-hybridized carbons (Fsp3) is 0.500. The molecule has 5 heteroatoms. The summed E-state index contributed by atoms with van der Waals surface area (Å²) in [5.41, 5.74) is 1.76. The Hall–Kier alpha value is -2.04. The summed E-state index contributed by atoms with van der Waals surface area (Å²) in [5, 5.41) is 9.30. The average molecular weight is 288 g/mol. The molecule has 1 amide bonds. The Morgan fingerprint density at radius 3 is 2.52 bits per heavy atom. The van der Waals surface area contributed by atoms with Crippen LogP contribution in [0, 0.1) is 5.92 Å². The first kappa shape index (κ1) is 15.4. The van der Waals surface area contributed by atoms with Crippen molar-refractivity contribution in [3.8, 4) is 0 Å². The third-order valence-electron chi connectivity index (χ3n) is 3.64. The molecule has 0 aromatic heterocycles. The molecular formula is C16H24N4O. The van der Waals surface area contributed by atoms with Crippen LogP contribution in [0.25, 0.3) is 0 Å². The summed E-state index contributed by atoms with van der Waals surface area (Å²) in [6.07, 6.45) is 1.21. The zero-order valence-corrected chi connectivity index (χ0v) is 12.9. The molecule has 1 fully saturated rings. The van der Waals surface area contributed by atoms with Gasteiger partial charge in [0.05, 0.1) is 6.54 Å². The summed E-state index contributed by atoms with van der Waals surface area (Å²) >= 11 is 0. The van der Waals surface area contributed by atoms with Crippen LogP contribution in [-0.4, -0.2) is 31.5 Å². The number of carbonyl (C=O) groups excluding carboxylic acids is 1. The van der Waals surface area contributed by atoms with Crippen molar-refractivity contribution in [2.24, 2.45) is 10.9 Å². The standard InChI is InChI=1S/C16H24N4O/c1-4-18-16(20-14-9-11(14)2)19-10-12-5-7-13(8-6-12)15(21)17-3/h5-8,11,14H,4,9-10H2,1-3H3,(H,17,21)(H2,18,19,20). The van der Waals surface area contributed by atoms with Crippen molar-refractivity contribution in [1.82, 2.24) is 16.0 Å². The van der Waals surface area contributed by atoms with Crippen LogP contribution >= 0.6 is 0 Å². The molecule has 114 valence electrons. The molecule has 0 radical (unpaired) electrons. The number of nitrogens with zero attached hydrogens (tertiary/aromatic N) is 1. The van der Waals surface area contributed by atoms with E-state index in [-0.39, 0.29) is 5.91 Å². The fourth-order valence-corrected chi connectivity index (χ4v) is 2.10. The molecule has 2 unspecified atom stereocenters. The first-order chi connectivity index (χ1) is 10.1. The molecule has 5 nitrogen and oxygen atoms in total. The third-order valence-corrected chi connectivity index (χ3v) is 3.64. The van der Waals surface area contributed by atoms with E-state index >= 15 is 0 Å². The predicted molar refractivity (Wildman–Crippen MR) is 85.4 cm³/mol. The van der Waals surface area contributed by atoms with Crippen LogP contribution < -0.4 is 16.0 Å². The Balaban J connectivity index is 1.95. The van der Waals surface area contributed by atoms with Crippen molar-refractivity contribution < 1.29 is 4.79 Å². The van der Waals surface area contributed by atoms with Gasteiger partial charge in [-0.3, -0.25) is 4.79 Å². The van der Waals surface area contributed by atoms with E-state index in [2.05, 4.69) is 34.8 Å².